The third kappa shape index (κ3) is 5.18. The van der Waals surface area contributed by atoms with Gasteiger partial charge in [0.15, 0.2) is 5.78 Å². The van der Waals surface area contributed by atoms with Crippen LogP contribution in [0.25, 0.3) is 10.4 Å². The Morgan fingerprint density at radius 3 is 2.50 bits per heavy atom. The van der Waals surface area contributed by atoms with Crippen molar-refractivity contribution in [3.05, 3.63) is 40.3 Å². The molecule has 0 unspecified atom stereocenters. The molecule has 194 valence electrons. The molecule has 2 amide bonds. The molecule has 0 aromatic heterocycles. The molecule has 5 atom stereocenters. The average molecular weight is 498 g/mol. The molecular formula is C25H35N7O4. The van der Waals surface area contributed by atoms with Crippen LogP contribution in [-0.4, -0.2) is 97.5 Å². The minimum absolute atomic E-state index is 0.0900. The molecule has 0 bridgehead atoms. The number of anilines is 1. The highest BCUT2D eigenvalue weighted by Gasteiger charge is 2.53. The number of nitrogens with zero attached hydrogens (tertiary/aromatic N) is 6. The molecule has 1 aromatic carbocycles. The Morgan fingerprint density at radius 2 is 1.89 bits per heavy atom. The van der Waals surface area contributed by atoms with E-state index in [1.165, 1.54) is 4.90 Å². The Hall–Kier alpha value is -3.14. The van der Waals surface area contributed by atoms with Crippen LogP contribution >= 0.6 is 0 Å². The van der Waals surface area contributed by atoms with E-state index in [0.29, 0.717) is 12.0 Å². The summed E-state index contributed by atoms with van der Waals surface area (Å²) < 4.78 is 5.52. The van der Waals surface area contributed by atoms with Gasteiger partial charge in [-0.05, 0) is 42.3 Å². The molecular weight excluding hydrogens is 462 g/mol. The van der Waals surface area contributed by atoms with Crippen molar-refractivity contribution in [2.24, 2.45) is 11.0 Å². The number of hydrogen-bond donors (Lipinski definition) is 1. The minimum atomic E-state index is -0.817. The molecule has 3 fully saturated rings. The highest BCUT2D eigenvalue weighted by atomic mass is 16.5. The first kappa shape index (κ1) is 25.9. The highest BCUT2D eigenvalue weighted by Crippen LogP contribution is 2.31. The van der Waals surface area contributed by atoms with E-state index in [0.717, 1.165) is 38.4 Å². The third-order valence-electron chi connectivity index (χ3n) is 7.72. The summed E-state index contributed by atoms with van der Waals surface area (Å²) in [6.07, 6.45) is 0.0169. The zero-order chi connectivity index (χ0) is 25.8. The van der Waals surface area contributed by atoms with Gasteiger partial charge in [-0.3, -0.25) is 14.4 Å². The Balaban J connectivity index is 1.46. The molecule has 4 rings (SSSR count). The van der Waals surface area contributed by atoms with Crippen molar-refractivity contribution in [3.63, 3.8) is 0 Å². The average Bonchev–Trinajstić information content (AvgIpc) is 3.47. The van der Waals surface area contributed by atoms with Gasteiger partial charge >= 0.3 is 0 Å². The maximum Gasteiger partial charge on any atom is 0.251 e. The maximum absolute atomic E-state index is 13.6. The molecule has 1 N–H and O–H groups in total. The normalized spacial score (nSPS) is 25.8. The van der Waals surface area contributed by atoms with Crippen molar-refractivity contribution in [2.45, 2.75) is 51.4 Å². The quantitative estimate of drug-likeness (QED) is 0.331. The number of ketones is 1. The van der Waals surface area contributed by atoms with Crippen molar-refractivity contribution in [1.29, 1.82) is 0 Å². The first-order chi connectivity index (χ1) is 17.4. The second-order valence-corrected chi connectivity index (χ2v) is 9.75. The van der Waals surface area contributed by atoms with Crippen molar-refractivity contribution >= 4 is 23.3 Å². The number of Topliss-reactive ketones (excluding diaryl/α,β-unsaturated/α-hetero) is 1. The number of rotatable bonds is 8. The summed E-state index contributed by atoms with van der Waals surface area (Å²) in [5, 5.41) is 6.65. The molecule has 0 spiro atoms. The fraction of sp³-hybridized carbons (Fsp3) is 0.640. The van der Waals surface area contributed by atoms with Crippen molar-refractivity contribution in [2.75, 3.05) is 50.8 Å². The Morgan fingerprint density at radius 1 is 1.19 bits per heavy atom. The molecule has 0 radical (unpaired) electrons. The number of fused-ring (bicyclic) bond motifs is 1. The van der Waals surface area contributed by atoms with Gasteiger partial charge in [-0.1, -0.05) is 32.3 Å². The molecule has 3 aliphatic rings. The molecule has 3 aliphatic heterocycles. The fourth-order valence-electron chi connectivity index (χ4n) is 5.26. The van der Waals surface area contributed by atoms with Crippen LogP contribution in [0, 0.1) is 5.92 Å². The van der Waals surface area contributed by atoms with Gasteiger partial charge in [0.05, 0.1) is 12.1 Å². The Labute approximate surface area is 211 Å². The summed E-state index contributed by atoms with van der Waals surface area (Å²) in [7, 11) is 0. The number of hydrogen-bond acceptors (Lipinski definition) is 7. The van der Waals surface area contributed by atoms with Crippen molar-refractivity contribution in [1.82, 2.24) is 15.1 Å². The number of carbonyl (C=O) groups excluding carboxylic acids is 3. The molecule has 3 heterocycles. The minimum Gasteiger partial charge on any atom is -0.369 e. The van der Waals surface area contributed by atoms with Crippen LogP contribution in [0.1, 0.15) is 37.6 Å². The zero-order valence-corrected chi connectivity index (χ0v) is 21.2. The van der Waals surface area contributed by atoms with Crippen LogP contribution in [0.15, 0.2) is 29.4 Å². The van der Waals surface area contributed by atoms with Gasteiger partial charge in [0, 0.05) is 48.9 Å². The third-order valence-corrected chi connectivity index (χ3v) is 7.72. The van der Waals surface area contributed by atoms with E-state index in [4.69, 9.17) is 10.3 Å². The van der Waals surface area contributed by atoms with Gasteiger partial charge in [-0.15, -0.1) is 0 Å². The van der Waals surface area contributed by atoms with Crippen LogP contribution in [0.3, 0.4) is 0 Å². The number of benzene rings is 1. The van der Waals surface area contributed by atoms with E-state index in [1.807, 2.05) is 26.0 Å². The lowest BCUT2D eigenvalue weighted by Crippen LogP contribution is -2.54. The number of azide groups is 1. The van der Waals surface area contributed by atoms with E-state index in [2.05, 4.69) is 32.1 Å². The molecule has 11 nitrogen and oxygen atoms in total. The molecule has 11 heteroatoms. The van der Waals surface area contributed by atoms with Crippen LogP contribution in [-0.2, 0) is 14.3 Å². The fourth-order valence-corrected chi connectivity index (χ4v) is 5.26. The van der Waals surface area contributed by atoms with Crippen molar-refractivity contribution < 1.29 is 19.1 Å². The van der Waals surface area contributed by atoms with Crippen LogP contribution in [0.4, 0.5) is 5.69 Å². The second kappa shape index (κ2) is 11.3. The van der Waals surface area contributed by atoms with Crippen LogP contribution < -0.4 is 10.2 Å². The highest BCUT2D eigenvalue weighted by molar-refractivity contribution is 5.99. The predicted molar refractivity (Wildman–Crippen MR) is 135 cm³/mol. The van der Waals surface area contributed by atoms with Gasteiger partial charge in [0.1, 0.15) is 18.7 Å². The predicted octanol–water partition coefficient (Wildman–Crippen LogP) is 1.83. The van der Waals surface area contributed by atoms with E-state index in [-0.39, 0.29) is 36.7 Å². The number of likely N-dealkylation sites (N-methyl/N-ethyl adjacent to an activating group) is 1. The maximum atomic E-state index is 13.6. The van der Waals surface area contributed by atoms with Gasteiger partial charge in [0.2, 0.25) is 5.91 Å². The van der Waals surface area contributed by atoms with Crippen LogP contribution in [0.5, 0.6) is 0 Å². The largest absolute Gasteiger partial charge is 0.369 e. The number of nitrogens with one attached hydrogen (secondary N) is 1. The summed E-state index contributed by atoms with van der Waals surface area (Å²) in [6.45, 7) is 11.0. The van der Waals surface area contributed by atoms with E-state index >= 15 is 0 Å². The standard InChI is InChI=1S/C25H35N7O4/c1-4-16(3)21(25(35)32-14-19(28-29-26)23-22(32)20(33)15-36-23)27-24(34)17-6-8-18(9-7-17)31-12-10-30(5-2)11-13-31/h6-9,16,19,21-23H,4-5,10-15H2,1-3H3,(H,27,34)/t16-,19+,21-,22+,23+/m0/s1. The first-order valence-corrected chi connectivity index (χ1v) is 12.7. The smallest absolute Gasteiger partial charge is 0.251 e. The SMILES string of the molecule is CC[C@H](C)[C@H](NC(=O)c1ccc(N2CCN(CC)CC2)cc1)C(=O)N1C[C@@H](N=[N+]=[N-])[C@H]2OCC(=O)[C@H]21. The lowest BCUT2D eigenvalue weighted by Gasteiger charge is -2.35. The van der Waals surface area contributed by atoms with Gasteiger partial charge in [-0.2, -0.15) is 0 Å². The summed E-state index contributed by atoms with van der Waals surface area (Å²) in [4.78, 5) is 48.3. The first-order valence-electron chi connectivity index (χ1n) is 12.7. The molecule has 36 heavy (non-hydrogen) atoms. The number of likely N-dealkylation sites (tertiary alicyclic amines) is 1. The summed E-state index contributed by atoms with van der Waals surface area (Å²) in [6, 6.07) is 5.23. The lowest BCUT2D eigenvalue weighted by molar-refractivity contribution is -0.139. The van der Waals surface area contributed by atoms with E-state index in [1.54, 1.807) is 12.1 Å². The van der Waals surface area contributed by atoms with Crippen LogP contribution in [0.2, 0.25) is 0 Å². The zero-order valence-electron chi connectivity index (χ0n) is 21.2. The number of carbonyl (C=O) groups is 3. The van der Waals surface area contributed by atoms with Gasteiger partial charge < -0.3 is 24.8 Å². The summed E-state index contributed by atoms with van der Waals surface area (Å²) in [5.74, 6) is -1.07. The molecule has 0 aliphatic carbocycles. The Kier molecular flexibility index (Phi) is 8.13. The molecule has 3 saturated heterocycles. The number of piperazine rings is 1. The topological polar surface area (TPSA) is 131 Å². The van der Waals surface area contributed by atoms with Gasteiger partial charge in [0.25, 0.3) is 5.91 Å². The second-order valence-electron chi connectivity index (χ2n) is 9.75. The molecule has 1 aromatic rings. The van der Waals surface area contributed by atoms with Gasteiger partial charge in [-0.25, -0.2) is 0 Å². The Bertz CT molecular complexity index is 1020. The number of amides is 2. The number of ether oxygens (including phenoxy) is 1. The van der Waals surface area contributed by atoms with Crippen molar-refractivity contribution in [3.8, 4) is 0 Å². The summed E-state index contributed by atoms with van der Waals surface area (Å²) in [5.41, 5.74) is 10.4. The van der Waals surface area contributed by atoms with E-state index < -0.39 is 24.2 Å². The lowest BCUT2D eigenvalue weighted by atomic mass is 9.96. The summed E-state index contributed by atoms with van der Waals surface area (Å²) >= 11 is 0. The molecule has 0 saturated carbocycles. The van der Waals surface area contributed by atoms with E-state index in [9.17, 15) is 14.4 Å². The monoisotopic (exact) mass is 497 g/mol.